The maximum Gasteiger partial charge on any atom is 0.326 e. The zero-order valence-electron chi connectivity index (χ0n) is 10.7. The third kappa shape index (κ3) is 2.75. The second kappa shape index (κ2) is 5.56. The van der Waals surface area contributed by atoms with Crippen LogP contribution in [0, 0.1) is 0 Å². The van der Waals surface area contributed by atoms with Gasteiger partial charge in [-0.1, -0.05) is 0 Å². The van der Waals surface area contributed by atoms with Crippen LogP contribution in [0.3, 0.4) is 0 Å². The van der Waals surface area contributed by atoms with E-state index in [1.54, 1.807) is 11.9 Å². The lowest BCUT2D eigenvalue weighted by molar-refractivity contribution is -0.141. The SMILES string of the molecule is CN(CC1CCCO1)C(=O)N1CCC[C@@H]1C(=O)O. The van der Waals surface area contributed by atoms with Crippen molar-refractivity contribution in [1.29, 1.82) is 0 Å². The summed E-state index contributed by atoms with van der Waals surface area (Å²) in [7, 11) is 1.71. The molecule has 2 aliphatic rings. The Bertz CT molecular complexity index is 328. The Balaban J connectivity index is 1.90. The van der Waals surface area contributed by atoms with E-state index in [4.69, 9.17) is 9.84 Å². The molecule has 102 valence electrons. The molecule has 2 rings (SSSR count). The van der Waals surface area contributed by atoms with Crippen LogP contribution in [0.15, 0.2) is 0 Å². The zero-order valence-corrected chi connectivity index (χ0v) is 10.7. The molecular formula is C12H20N2O4. The fraction of sp³-hybridized carbons (Fsp3) is 0.833. The van der Waals surface area contributed by atoms with Crippen molar-refractivity contribution in [2.45, 2.75) is 37.8 Å². The number of likely N-dealkylation sites (tertiary alicyclic amines) is 1. The second-order valence-electron chi connectivity index (χ2n) is 4.99. The van der Waals surface area contributed by atoms with Crippen molar-refractivity contribution < 1.29 is 19.4 Å². The highest BCUT2D eigenvalue weighted by Crippen LogP contribution is 2.20. The summed E-state index contributed by atoms with van der Waals surface area (Å²) in [5.41, 5.74) is 0. The van der Waals surface area contributed by atoms with Gasteiger partial charge in [-0.05, 0) is 25.7 Å². The maximum atomic E-state index is 12.2. The van der Waals surface area contributed by atoms with E-state index in [2.05, 4.69) is 0 Å². The minimum Gasteiger partial charge on any atom is -0.480 e. The third-order valence-corrected chi connectivity index (χ3v) is 3.61. The lowest BCUT2D eigenvalue weighted by Gasteiger charge is -2.28. The molecule has 2 saturated heterocycles. The standard InChI is InChI=1S/C12H20N2O4/c1-13(8-9-4-3-7-18-9)12(17)14-6-2-5-10(14)11(15)16/h9-10H,2-8H2,1H3,(H,15,16)/t9?,10-/m1/s1. The van der Waals surface area contributed by atoms with Crippen molar-refractivity contribution in [1.82, 2.24) is 9.80 Å². The van der Waals surface area contributed by atoms with Crippen LogP contribution in [0.2, 0.25) is 0 Å². The van der Waals surface area contributed by atoms with Crippen molar-refractivity contribution in [3.8, 4) is 0 Å². The summed E-state index contributed by atoms with van der Waals surface area (Å²) in [6.45, 7) is 1.83. The molecule has 6 heteroatoms. The first-order valence-corrected chi connectivity index (χ1v) is 6.45. The van der Waals surface area contributed by atoms with Crippen molar-refractivity contribution in [2.75, 3.05) is 26.7 Å². The average Bonchev–Trinajstić information content (AvgIpc) is 2.97. The molecule has 2 atom stereocenters. The second-order valence-corrected chi connectivity index (χ2v) is 4.99. The number of hydrogen-bond donors (Lipinski definition) is 1. The number of likely N-dealkylation sites (N-methyl/N-ethyl adjacent to an activating group) is 1. The number of nitrogens with zero attached hydrogens (tertiary/aromatic N) is 2. The van der Waals surface area contributed by atoms with Gasteiger partial charge in [0.25, 0.3) is 0 Å². The van der Waals surface area contributed by atoms with Gasteiger partial charge in [0, 0.05) is 26.7 Å². The van der Waals surface area contributed by atoms with Gasteiger partial charge in [0.1, 0.15) is 6.04 Å². The number of amides is 2. The van der Waals surface area contributed by atoms with Crippen LogP contribution in [-0.4, -0.2) is 65.8 Å². The average molecular weight is 256 g/mol. The summed E-state index contributed by atoms with van der Waals surface area (Å²) in [6.07, 6.45) is 3.42. The summed E-state index contributed by atoms with van der Waals surface area (Å²) in [5.74, 6) is -0.911. The number of carbonyl (C=O) groups is 2. The lowest BCUT2D eigenvalue weighted by atomic mass is 10.2. The van der Waals surface area contributed by atoms with Crippen LogP contribution >= 0.6 is 0 Å². The summed E-state index contributed by atoms with van der Waals surface area (Å²) in [4.78, 5) is 26.3. The van der Waals surface area contributed by atoms with Crippen LogP contribution < -0.4 is 0 Å². The topological polar surface area (TPSA) is 70.1 Å². The smallest absolute Gasteiger partial charge is 0.326 e. The van der Waals surface area contributed by atoms with Gasteiger partial charge in [0.15, 0.2) is 0 Å². The Morgan fingerprint density at radius 2 is 2.17 bits per heavy atom. The maximum absolute atomic E-state index is 12.2. The fourth-order valence-corrected chi connectivity index (χ4v) is 2.64. The predicted octanol–water partition coefficient (Wildman–Crippen LogP) is 0.766. The van der Waals surface area contributed by atoms with Crippen LogP contribution in [0.25, 0.3) is 0 Å². The number of ether oxygens (including phenoxy) is 1. The van der Waals surface area contributed by atoms with Crippen LogP contribution in [0.1, 0.15) is 25.7 Å². The van der Waals surface area contributed by atoms with E-state index in [-0.39, 0.29) is 12.1 Å². The lowest BCUT2D eigenvalue weighted by Crippen LogP contribution is -2.48. The van der Waals surface area contributed by atoms with Crippen LogP contribution in [-0.2, 0) is 9.53 Å². The van der Waals surface area contributed by atoms with E-state index in [9.17, 15) is 9.59 Å². The minimum atomic E-state index is -0.911. The van der Waals surface area contributed by atoms with E-state index in [0.717, 1.165) is 25.9 Å². The number of urea groups is 1. The normalized spacial score (nSPS) is 27.5. The van der Waals surface area contributed by atoms with Gasteiger partial charge in [-0.3, -0.25) is 0 Å². The Hall–Kier alpha value is -1.30. The first-order valence-electron chi connectivity index (χ1n) is 6.45. The number of aliphatic carboxylic acids is 1. The molecule has 1 unspecified atom stereocenters. The van der Waals surface area contributed by atoms with Crippen LogP contribution in [0.4, 0.5) is 4.79 Å². The number of carbonyl (C=O) groups excluding carboxylic acids is 1. The quantitative estimate of drug-likeness (QED) is 0.809. The van der Waals surface area contributed by atoms with E-state index >= 15 is 0 Å². The van der Waals surface area contributed by atoms with Crippen molar-refractivity contribution >= 4 is 12.0 Å². The van der Waals surface area contributed by atoms with Gasteiger partial charge < -0.3 is 19.6 Å². The molecule has 2 heterocycles. The monoisotopic (exact) mass is 256 g/mol. The van der Waals surface area contributed by atoms with E-state index < -0.39 is 12.0 Å². The Morgan fingerprint density at radius 1 is 1.39 bits per heavy atom. The molecule has 0 saturated carbocycles. The minimum absolute atomic E-state index is 0.102. The highest BCUT2D eigenvalue weighted by atomic mass is 16.5. The summed E-state index contributed by atoms with van der Waals surface area (Å²) < 4.78 is 5.48. The van der Waals surface area contributed by atoms with Gasteiger partial charge in [-0.15, -0.1) is 0 Å². The number of carboxylic acids is 1. The Labute approximate surface area is 106 Å². The molecule has 2 amide bonds. The molecule has 1 N–H and O–H groups in total. The third-order valence-electron chi connectivity index (χ3n) is 3.61. The highest BCUT2D eigenvalue weighted by molar-refractivity contribution is 5.83. The highest BCUT2D eigenvalue weighted by Gasteiger charge is 2.35. The first kappa shape index (κ1) is 13.1. The van der Waals surface area contributed by atoms with Crippen molar-refractivity contribution in [3.05, 3.63) is 0 Å². The molecular weight excluding hydrogens is 236 g/mol. The van der Waals surface area contributed by atoms with E-state index in [1.165, 1.54) is 4.90 Å². The zero-order chi connectivity index (χ0) is 13.1. The number of carboxylic acid groups (broad SMARTS) is 1. The molecule has 0 aromatic heterocycles. The van der Waals surface area contributed by atoms with E-state index in [1.807, 2.05) is 0 Å². The molecule has 18 heavy (non-hydrogen) atoms. The van der Waals surface area contributed by atoms with Crippen LogP contribution in [0.5, 0.6) is 0 Å². The molecule has 0 bridgehead atoms. The first-order chi connectivity index (χ1) is 8.59. The molecule has 0 aromatic rings. The van der Waals surface area contributed by atoms with Gasteiger partial charge in [0.05, 0.1) is 6.10 Å². The van der Waals surface area contributed by atoms with Crippen molar-refractivity contribution in [2.24, 2.45) is 0 Å². The molecule has 2 aliphatic heterocycles. The van der Waals surface area contributed by atoms with Gasteiger partial charge in [-0.25, -0.2) is 9.59 Å². The van der Waals surface area contributed by atoms with Gasteiger partial charge >= 0.3 is 12.0 Å². The Morgan fingerprint density at radius 3 is 2.78 bits per heavy atom. The molecule has 2 fully saturated rings. The van der Waals surface area contributed by atoms with Gasteiger partial charge in [0.2, 0.25) is 0 Å². The molecule has 0 aromatic carbocycles. The van der Waals surface area contributed by atoms with E-state index in [0.29, 0.717) is 19.5 Å². The molecule has 6 nitrogen and oxygen atoms in total. The molecule has 0 radical (unpaired) electrons. The summed E-state index contributed by atoms with van der Waals surface area (Å²) in [5, 5.41) is 9.06. The largest absolute Gasteiger partial charge is 0.480 e. The summed E-state index contributed by atoms with van der Waals surface area (Å²) >= 11 is 0. The number of rotatable bonds is 3. The molecule has 0 spiro atoms. The summed E-state index contributed by atoms with van der Waals surface area (Å²) in [6, 6.07) is -0.861. The molecule has 0 aliphatic carbocycles. The van der Waals surface area contributed by atoms with Gasteiger partial charge in [-0.2, -0.15) is 0 Å². The van der Waals surface area contributed by atoms with Crippen molar-refractivity contribution in [3.63, 3.8) is 0 Å². The fourth-order valence-electron chi connectivity index (χ4n) is 2.64. The Kier molecular flexibility index (Phi) is 4.06. The number of hydrogen-bond acceptors (Lipinski definition) is 3. The predicted molar refractivity (Wildman–Crippen MR) is 64.4 cm³/mol.